The van der Waals surface area contributed by atoms with E-state index in [0.717, 1.165) is 31.5 Å². The molecule has 1 saturated heterocycles. The van der Waals surface area contributed by atoms with Crippen LogP contribution in [0.15, 0.2) is 24.8 Å². The molecule has 2 N–H and O–H groups in total. The van der Waals surface area contributed by atoms with Gasteiger partial charge in [-0.25, -0.2) is 0 Å². The molecule has 0 saturated carbocycles. The molecule has 0 aromatic heterocycles. The fraction of sp³-hybridized carbons (Fsp3) is 0.471. The van der Waals surface area contributed by atoms with E-state index in [0.29, 0.717) is 23.5 Å². The summed E-state index contributed by atoms with van der Waals surface area (Å²) in [5.74, 6) is 1.15. The molecule has 0 spiro atoms. The van der Waals surface area contributed by atoms with Crippen molar-refractivity contribution in [2.75, 3.05) is 27.3 Å². The van der Waals surface area contributed by atoms with Crippen molar-refractivity contribution in [2.24, 2.45) is 0 Å². The average molecular weight is 304 g/mol. The predicted octanol–water partition coefficient (Wildman–Crippen LogP) is 1.91. The summed E-state index contributed by atoms with van der Waals surface area (Å²) in [5, 5.41) is 6.38. The van der Waals surface area contributed by atoms with Gasteiger partial charge in [-0.2, -0.15) is 0 Å². The van der Waals surface area contributed by atoms with Crippen LogP contribution in [0.2, 0.25) is 0 Å². The van der Waals surface area contributed by atoms with Crippen molar-refractivity contribution in [1.82, 2.24) is 10.6 Å². The molecule has 5 heteroatoms. The second-order valence-corrected chi connectivity index (χ2v) is 5.36. The first-order valence-corrected chi connectivity index (χ1v) is 7.57. The summed E-state index contributed by atoms with van der Waals surface area (Å²) in [6.45, 7) is 5.64. The number of hydrogen-bond donors (Lipinski definition) is 2. The van der Waals surface area contributed by atoms with Gasteiger partial charge in [0.2, 0.25) is 0 Å². The van der Waals surface area contributed by atoms with Crippen molar-refractivity contribution in [3.8, 4) is 11.5 Å². The minimum absolute atomic E-state index is 0.0711. The molecule has 0 bridgehead atoms. The highest BCUT2D eigenvalue weighted by atomic mass is 16.5. The van der Waals surface area contributed by atoms with E-state index in [4.69, 9.17) is 9.47 Å². The van der Waals surface area contributed by atoms with Gasteiger partial charge in [-0.1, -0.05) is 6.08 Å². The maximum Gasteiger partial charge on any atom is 0.251 e. The van der Waals surface area contributed by atoms with Crippen molar-refractivity contribution in [2.45, 2.75) is 25.3 Å². The molecule has 2 rings (SSSR count). The summed E-state index contributed by atoms with van der Waals surface area (Å²) in [7, 11) is 3.17. The number of methoxy groups -OCH3 is 2. The normalized spacial score (nSPS) is 15.2. The molecule has 0 radical (unpaired) electrons. The summed E-state index contributed by atoms with van der Waals surface area (Å²) >= 11 is 0. The summed E-state index contributed by atoms with van der Waals surface area (Å²) < 4.78 is 10.7. The largest absolute Gasteiger partial charge is 0.493 e. The Bertz CT molecular complexity index is 537. The van der Waals surface area contributed by atoms with Gasteiger partial charge in [0.05, 0.1) is 14.2 Å². The van der Waals surface area contributed by atoms with Gasteiger partial charge in [0.25, 0.3) is 5.91 Å². The van der Waals surface area contributed by atoms with E-state index in [1.54, 1.807) is 26.4 Å². The predicted molar refractivity (Wildman–Crippen MR) is 86.8 cm³/mol. The first kappa shape index (κ1) is 16.4. The third-order valence-electron chi connectivity index (χ3n) is 3.86. The highest BCUT2D eigenvalue weighted by Gasteiger charge is 2.19. The Balaban J connectivity index is 2.23. The van der Waals surface area contributed by atoms with Crippen LogP contribution in [0.25, 0.3) is 0 Å². The molecule has 0 aliphatic carbocycles. The van der Waals surface area contributed by atoms with Crippen LogP contribution < -0.4 is 20.1 Å². The second-order valence-electron chi connectivity index (χ2n) is 5.36. The number of benzene rings is 1. The van der Waals surface area contributed by atoms with Crippen LogP contribution in [0.3, 0.4) is 0 Å². The topological polar surface area (TPSA) is 59.6 Å². The standard InChI is InChI=1S/C17H24N2O3/c1-4-5-12-10-13(11-15(21-2)16(12)22-3)17(20)19-14-6-8-18-9-7-14/h4,10-11,14,18H,1,5-9H2,2-3H3,(H,19,20). The lowest BCUT2D eigenvalue weighted by atomic mass is 10.0. The van der Waals surface area contributed by atoms with Crippen molar-refractivity contribution in [3.63, 3.8) is 0 Å². The van der Waals surface area contributed by atoms with Crippen LogP contribution in [0.4, 0.5) is 0 Å². The van der Waals surface area contributed by atoms with Crippen LogP contribution in [0.5, 0.6) is 11.5 Å². The van der Waals surface area contributed by atoms with E-state index in [1.165, 1.54) is 0 Å². The van der Waals surface area contributed by atoms with Crippen LogP contribution in [-0.4, -0.2) is 39.3 Å². The van der Waals surface area contributed by atoms with E-state index in [2.05, 4.69) is 17.2 Å². The molecule has 5 nitrogen and oxygen atoms in total. The molecule has 1 amide bonds. The minimum atomic E-state index is -0.0711. The second kappa shape index (κ2) is 7.84. The Labute approximate surface area is 131 Å². The summed E-state index contributed by atoms with van der Waals surface area (Å²) in [4.78, 5) is 12.5. The molecule has 1 aliphatic rings. The van der Waals surface area contributed by atoms with Gasteiger partial charge in [-0.3, -0.25) is 4.79 Å². The summed E-state index contributed by atoms with van der Waals surface area (Å²) in [5.41, 5.74) is 1.49. The monoisotopic (exact) mass is 304 g/mol. The molecule has 1 heterocycles. The molecule has 1 aliphatic heterocycles. The number of ether oxygens (including phenoxy) is 2. The van der Waals surface area contributed by atoms with Crippen molar-refractivity contribution in [1.29, 1.82) is 0 Å². The molecule has 0 unspecified atom stereocenters. The van der Waals surface area contributed by atoms with Gasteiger partial charge in [-0.15, -0.1) is 6.58 Å². The molecule has 1 aromatic carbocycles. The van der Waals surface area contributed by atoms with E-state index < -0.39 is 0 Å². The zero-order chi connectivity index (χ0) is 15.9. The molecular weight excluding hydrogens is 280 g/mol. The number of carbonyl (C=O) groups excluding carboxylic acids is 1. The van der Waals surface area contributed by atoms with Crippen molar-refractivity contribution >= 4 is 5.91 Å². The van der Waals surface area contributed by atoms with Gasteiger partial charge in [0, 0.05) is 17.2 Å². The summed E-state index contributed by atoms with van der Waals surface area (Å²) in [6, 6.07) is 3.80. The lowest BCUT2D eigenvalue weighted by Crippen LogP contribution is -2.42. The van der Waals surface area contributed by atoms with E-state index >= 15 is 0 Å². The van der Waals surface area contributed by atoms with E-state index in [9.17, 15) is 4.79 Å². The minimum Gasteiger partial charge on any atom is -0.493 e. The maximum atomic E-state index is 12.5. The Hall–Kier alpha value is -2.01. The number of rotatable bonds is 6. The van der Waals surface area contributed by atoms with Crippen molar-refractivity contribution in [3.05, 3.63) is 35.9 Å². The smallest absolute Gasteiger partial charge is 0.251 e. The third kappa shape index (κ3) is 3.80. The van der Waals surface area contributed by atoms with Gasteiger partial charge in [0.1, 0.15) is 0 Å². The van der Waals surface area contributed by atoms with Crippen LogP contribution in [0.1, 0.15) is 28.8 Å². The molecule has 120 valence electrons. The summed E-state index contributed by atoms with van der Waals surface area (Å²) in [6.07, 6.45) is 4.32. The SMILES string of the molecule is C=CCc1cc(C(=O)NC2CCNCC2)cc(OC)c1OC. The third-order valence-corrected chi connectivity index (χ3v) is 3.86. The van der Waals surface area contributed by atoms with Crippen LogP contribution in [0, 0.1) is 0 Å². The Morgan fingerprint density at radius 3 is 2.68 bits per heavy atom. The highest BCUT2D eigenvalue weighted by molar-refractivity contribution is 5.95. The van der Waals surface area contributed by atoms with Gasteiger partial charge in [-0.05, 0) is 44.5 Å². The van der Waals surface area contributed by atoms with Crippen LogP contribution >= 0.6 is 0 Å². The number of nitrogens with one attached hydrogen (secondary N) is 2. The highest BCUT2D eigenvalue weighted by Crippen LogP contribution is 2.33. The fourth-order valence-electron chi connectivity index (χ4n) is 2.72. The lowest BCUT2D eigenvalue weighted by molar-refractivity contribution is 0.0929. The molecule has 22 heavy (non-hydrogen) atoms. The lowest BCUT2D eigenvalue weighted by Gasteiger charge is -2.24. The van der Waals surface area contributed by atoms with E-state index in [1.807, 2.05) is 6.07 Å². The molecule has 1 fully saturated rings. The Kier molecular flexibility index (Phi) is 5.83. The average Bonchev–Trinajstić information content (AvgIpc) is 2.55. The Morgan fingerprint density at radius 2 is 2.09 bits per heavy atom. The van der Waals surface area contributed by atoms with Gasteiger partial charge >= 0.3 is 0 Å². The Morgan fingerprint density at radius 1 is 1.36 bits per heavy atom. The molecule has 0 atom stereocenters. The molecular formula is C17H24N2O3. The van der Waals surface area contributed by atoms with E-state index in [-0.39, 0.29) is 11.9 Å². The fourth-order valence-corrected chi connectivity index (χ4v) is 2.72. The van der Waals surface area contributed by atoms with Gasteiger partial charge in [0.15, 0.2) is 11.5 Å². The van der Waals surface area contributed by atoms with Crippen LogP contribution in [-0.2, 0) is 6.42 Å². The first-order chi connectivity index (χ1) is 10.7. The zero-order valence-corrected chi connectivity index (χ0v) is 13.3. The first-order valence-electron chi connectivity index (χ1n) is 7.57. The number of hydrogen-bond acceptors (Lipinski definition) is 4. The number of allylic oxidation sites excluding steroid dienone is 1. The van der Waals surface area contributed by atoms with Gasteiger partial charge < -0.3 is 20.1 Å². The maximum absolute atomic E-state index is 12.5. The quantitative estimate of drug-likeness (QED) is 0.788. The van der Waals surface area contributed by atoms with Crippen molar-refractivity contribution < 1.29 is 14.3 Å². The zero-order valence-electron chi connectivity index (χ0n) is 13.3. The number of amides is 1. The number of piperidine rings is 1. The number of carbonyl (C=O) groups is 1. The molecule has 1 aromatic rings.